The van der Waals surface area contributed by atoms with Crippen molar-refractivity contribution in [1.29, 1.82) is 0 Å². The van der Waals surface area contributed by atoms with Gasteiger partial charge in [0.05, 0.1) is 16.6 Å². The summed E-state index contributed by atoms with van der Waals surface area (Å²) in [6, 6.07) is 13.4. The summed E-state index contributed by atoms with van der Waals surface area (Å²) >= 11 is 0. The minimum atomic E-state index is -0.900. The number of nitrogens with zero attached hydrogens (tertiary/aromatic N) is 3. The van der Waals surface area contributed by atoms with E-state index < -0.39 is 23.7 Å². The molecule has 152 valence electrons. The largest absolute Gasteiger partial charge is 0.363 e. The number of aromatic nitrogens is 2. The molecule has 1 saturated heterocycles. The van der Waals surface area contributed by atoms with E-state index in [1.54, 1.807) is 0 Å². The molecule has 30 heavy (non-hydrogen) atoms. The summed E-state index contributed by atoms with van der Waals surface area (Å²) < 4.78 is 1.87. The van der Waals surface area contributed by atoms with Crippen LogP contribution in [0.25, 0.3) is 11.0 Å². The van der Waals surface area contributed by atoms with Gasteiger partial charge in [0.2, 0.25) is 5.62 Å². The lowest BCUT2D eigenvalue weighted by Crippen LogP contribution is -2.32. The molecular formula is C21H18N4O5. The van der Waals surface area contributed by atoms with Gasteiger partial charge in [0.15, 0.2) is 0 Å². The number of rotatable bonds is 4. The molecule has 1 N–H and O–H groups in total. The van der Waals surface area contributed by atoms with Gasteiger partial charge in [-0.05, 0) is 37.3 Å². The quantitative estimate of drug-likeness (QED) is 0.665. The fraction of sp³-hybridized carbons (Fsp3) is 0.190. The summed E-state index contributed by atoms with van der Waals surface area (Å²) in [4.78, 5) is 60.4. The molecule has 0 bridgehead atoms. The van der Waals surface area contributed by atoms with Gasteiger partial charge in [0.1, 0.15) is 0 Å². The van der Waals surface area contributed by atoms with Crippen LogP contribution < -0.4 is 5.62 Å². The van der Waals surface area contributed by atoms with Gasteiger partial charge in [-0.15, -0.1) is 5.06 Å². The van der Waals surface area contributed by atoms with Gasteiger partial charge in [0.25, 0.3) is 17.7 Å². The lowest BCUT2D eigenvalue weighted by molar-refractivity contribution is -0.172. The standard InChI is InChI=1S/C21H18N4O5/c1-2-24-16-9-4-3-8-15(16)22-21(24)23-19(28)13-6-5-7-14(12-13)20(29)30-25-17(26)10-11-18(25)27/h3-9,12H,2,10-11H2,1H3,(H,22,23,28). The first kappa shape index (κ1) is 19.3. The highest BCUT2D eigenvalue weighted by Crippen LogP contribution is 2.15. The number of fused-ring (bicyclic) bond motifs is 1. The summed E-state index contributed by atoms with van der Waals surface area (Å²) in [6.45, 7) is 2.56. The number of carbonyl (C=O) groups excluding carboxylic acids is 4. The Kier molecular flexibility index (Phi) is 5.01. The Morgan fingerprint density at radius 3 is 2.47 bits per heavy atom. The van der Waals surface area contributed by atoms with Crippen molar-refractivity contribution in [3.8, 4) is 0 Å². The monoisotopic (exact) mass is 406 g/mol. The Labute approximate surface area is 170 Å². The molecule has 0 atom stereocenters. The van der Waals surface area contributed by atoms with Gasteiger partial charge in [-0.3, -0.25) is 14.4 Å². The average Bonchev–Trinajstić information content (AvgIpc) is 3.27. The third-order valence-electron chi connectivity index (χ3n) is 4.75. The Bertz CT molecular complexity index is 1240. The van der Waals surface area contributed by atoms with Crippen LogP contribution in [0, 0.1) is 0 Å². The molecule has 2 aromatic carbocycles. The van der Waals surface area contributed by atoms with Gasteiger partial charge >= 0.3 is 5.97 Å². The van der Waals surface area contributed by atoms with Crippen molar-refractivity contribution < 1.29 is 24.0 Å². The first-order valence-electron chi connectivity index (χ1n) is 9.42. The van der Waals surface area contributed by atoms with Crippen LogP contribution in [-0.4, -0.2) is 38.3 Å². The van der Waals surface area contributed by atoms with E-state index in [0.29, 0.717) is 17.2 Å². The number of imidazole rings is 1. The predicted octanol–water partition coefficient (Wildman–Crippen LogP) is 1.95. The van der Waals surface area contributed by atoms with Crippen molar-refractivity contribution >= 4 is 34.7 Å². The summed E-state index contributed by atoms with van der Waals surface area (Å²) in [5.74, 6) is -2.59. The van der Waals surface area contributed by atoms with Crippen molar-refractivity contribution in [2.24, 2.45) is 4.99 Å². The summed E-state index contributed by atoms with van der Waals surface area (Å²) in [5.41, 5.74) is 2.37. The number of nitrogens with one attached hydrogen (secondary N) is 1. The number of benzene rings is 2. The van der Waals surface area contributed by atoms with Crippen LogP contribution >= 0.6 is 0 Å². The van der Waals surface area contributed by atoms with E-state index in [-0.39, 0.29) is 24.0 Å². The van der Waals surface area contributed by atoms with E-state index in [1.165, 1.54) is 24.3 Å². The van der Waals surface area contributed by atoms with Crippen LogP contribution in [0.4, 0.5) is 0 Å². The van der Waals surface area contributed by atoms with Crippen LogP contribution in [0.15, 0.2) is 53.5 Å². The third kappa shape index (κ3) is 3.52. The van der Waals surface area contributed by atoms with Gasteiger partial charge < -0.3 is 14.4 Å². The zero-order chi connectivity index (χ0) is 21.3. The lowest BCUT2D eigenvalue weighted by atomic mass is 10.1. The maximum atomic E-state index is 12.7. The molecule has 0 saturated carbocycles. The number of para-hydroxylation sites is 2. The smallest absolute Gasteiger partial charge is 0.325 e. The van der Waals surface area contributed by atoms with E-state index in [4.69, 9.17) is 4.84 Å². The van der Waals surface area contributed by atoms with Crippen LogP contribution in [0.1, 0.15) is 40.5 Å². The Morgan fingerprint density at radius 2 is 1.73 bits per heavy atom. The Hall–Kier alpha value is -4.01. The van der Waals surface area contributed by atoms with Crippen molar-refractivity contribution in [3.05, 3.63) is 65.3 Å². The molecule has 3 aromatic rings. The first-order chi connectivity index (χ1) is 14.5. The van der Waals surface area contributed by atoms with Crippen molar-refractivity contribution in [2.75, 3.05) is 0 Å². The minimum Gasteiger partial charge on any atom is -0.325 e. The third-order valence-corrected chi connectivity index (χ3v) is 4.75. The molecule has 1 aliphatic heterocycles. The maximum absolute atomic E-state index is 12.7. The first-order valence-corrected chi connectivity index (χ1v) is 9.42. The molecule has 1 fully saturated rings. The highest BCUT2D eigenvalue weighted by atomic mass is 16.7. The number of hydroxylamine groups is 2. The molecule has 0 spiro atoms. The predicted molar refractivity (Wildman–Crippen MR) is 105 cm³/mol. The fourth-order valence-electron chi connectivity index (χ4n) is 3.26. The van der Waals surface area contributed by atoms with Gasteiger partial charge in [0, 0.05) is 24.9 Å². The summed E-state index contributed by atoms with van der Waals surface area (Å²) in [7, 11) is 0. The summed E-state index contributed by atoms with van der Waals surface area (Å²) in [5, 5.41) is 0.468. The Morgan fingerprint density at radius 1 is 1.03 bits per heavy atom. The molecule has 2 heterocycles. The topological polar surface area (TPSA) is 114 Å². The minimum absolute atomic E-state index is 0.00540. The van der Waals surface area contributed by atoms with Crippen molar-refractivity contribution in [1.82, 2.24) is 14.6 Å². The van der Waals surface area contributed by atoms with Crippen LogP contribution in [0.2, 0.25) is 0 Å². The highest BCUT2D eigenvalue weighted by molar-refractivity contribution is 6.03. The van der Waals surface area contributed by atoms with E-state index in [2.05, 4.69) is 9.98 Å². The number of aromatic amines is 1. The molecule has 0 aliphatic carbocycles. The second kappa shape index (κ2) is 7.78. The molecule has 0 unspecified atom stereocenters. The highest BCUT2D eigenvalue weighted by Gasteiger charge is 2.33. The Balaban J connectivity index is 1.62. The molecular weight excluding hydrogens is 388 g/mol. The lowest BCUT2D eigenvalue weighted by Gasteiger charge is -2.12. The average molecular weight is 406 g/mol. The van der Waals surface area contributed by atoms with Gasteiger partial charge in [-0.2, -0.15) is 4.99 Å². The fourth-order valence-corrected chi connectivity index (χ4v) is 3.26. The van der Waals surface area contributed by atoms with E-state index in [9.17, 15) is 19.2 Å². The van der Waals surface area contributed by atoms with Crippen LogP contribution in [-0.2, 0) is 21.0 Å². The maximum Gasteiger partial charge on any atom is 0.363 e. The summed E-state index contributed by atoms with van der Waals surface area (Å²) in [6.07, 6.45) is 0.0108. The number of carbonyl (C=O) groups is 4. The second-order valence-electron chi connectivity index (χ2n) is 6.67. The normalized spacial score (nSPS) is 14.6. The van der Waals surface area contributed by atoms with Crippen molar-refractivity contribution in [2.45, 2.75) is 26.3 Å². The van der Waals surface area contributed by atoms with Gasteiger partial charge in [-0.1, -0.05) is 18.2 Å². The van der Waals surface area contributed by atoms with E-state index >= 15 is 0 Å². The number of imide groups is 1. The zero-order valence-electron chi connectivity index (χ0n) is 16.1. The molecule has 4 rings (SSSR count). The number of hydrogen-bond acceptors (Lipinski definition) is 5. The van der Waals surface area contributed by atoms with E-state index in [1.807, 2.05) is 35.8 Å². The zero-order valence-corrected chi connectivity index (χ0v) is 16.1. The molecule has 9 heteroatoms. The SMILES string of the molecule is CCn1/c(=N/C(=O)c2cccc(C(=O)ON3C(=O)CCC3=O)c2)[nH]c2ccccc21. The second-order valence-corrected chi connectivity index (χ2v) is 6.67. The number of hydrogen-bond donors (Lipinski definition) is 1. The molecule has 1 aromatic heterocycles. The number of amides is 3. The van der Waals surface area contributed by atoms with E-state index in [0.717, 1.165) is 11.0 Å². The number of H-pyrrole nitrogens is 1. The van der Waals surface area contributed by atoms with Crippen LogP contribution in [0.3, 0.4) is 0 Å². The number of aryl methyl sites for hydroxylation is 1. The van der Waals surface area contributed by atoms with Crippen molar-refractivity contribution in [3.63, 3.8) is 0 Å². The van der Waals surface area contributed by atoms with Crippen LogP contribution in [0.5, 0.6) is 0 Å². The molecule has 1 aliphatic rings. The molecule has 0 radical (unpaired) electrons. The molecule has 3 amide bonds. The van der Waals surface area contributed by atoms with Gasteiger partial charge in [-0.25, -0.2) is 4.79 Å². The molecule has 9 nitrogen and oxygen atoms in total.